The molecular weight excluding hydrogens is 292 g/mol. The predicted molar refractivity (Wildman–Crippen MR) is 68.3 cm³/mol. The number of hydrogen-bond acceptors (Lipinski definition) is 4. The molecule has 0 amide bonds. The Hall–Kier alpha value is -1.18. The highest BCUT2D eigenvalue weighted by Crippen LogP contribution is 2.29. The van der Waals surface area contributed by atoms with Crippen LogP contribution in [0.15, 0.2) is 23.4 Å². The van der Waals surface area contributed by atoms with Crippen LogP contribution in [-0.2, 0) is 14.8 Å². The molecule has 1 N–H and O–H groups in total. The van der Waals surface area contributed by atoms with E-state index in [0.717, 1.165) is 0 Å². The Labute approximate surface area is 116 Å². The average molecular weight is 305 g/mol. The summed E-state index contributed by atoms with van der Waals surface area (Å²) < 4.78 is 25.8. The minimum Gasteiger partial charge on any atom is -0.481 e. The second kappa shape index (κ2) is 5.07. The maximum absolute atomic E-state index is 12.3. The van der Waals surface area contributed by atoms with Crippen molar-refractivity contribution in [2.45, 2.75) is 11.8 Å². The fourth-order valence-corrected chi connectivity index (χ4v) is 3.92. The Morgan fingerprint density at radius 2 is 2.16 bits per heavy atom. The second-order valence-corrected chi connectivity index (χ2v) is 6.96. The normalized spacial score (nSPS) is 24.5. The Balaban J connectivity index is 2.30. The van der Waals surface area contributed by atoms with Gasteiger partial charge < -0.3 is 5.11 Å². The lowest BCUT2D eigenvalue weighted by Crippen LogP contribution is -2.30. The van der Waals surface area contributed by atoms with Crippen LogP contribution in [0.3, 0.4) is 0 Å². The third-order valence-electron chi connectivity index (χ3n) is 3.21. The number of carbonyl (C=O) groups is 1. The summed E-state index contributed by atoms with van der Waals surface area (Å²) in [7, 11) is -3.74. The van der Waals surface area contributed by atoms with Crippen molar-refractivity contribution >= 4 is 27.6 Å². The number of sulfonamides is 1. The SMILES string of the molecule is C[C@@H]1CN(S(=O)(=O)c2cncc(Cl)c2)C[C@H]1C(=O)O. The van der Waals surface area contributed by atoms with E-state index in [1.54, 1.807) is 6.92 Å². The first-order valence-corrected chi connectivity index (χ1v) is 7.47. The Morgan fingerprint density at radius 1 is 1.47 bits per heavy atom. The molecule has 19 heavy (non-hydrogen) atoms. The Bertz CT molecular complexity index is 604. The minimum absolute atomic E-state index is 0.0155. The molecule has 2 atom stereocenters. The van der Waals surface area contributed by atoms with E-state index >= 15 is 0 Å². The summed E-state index contributed by atoms with van der Waals surface area (Å²) in [6.07, 6.45) is 2.55. The van der Waals surface area contributed by atoms with Crippen molar-refractivity contribution in [2.24, 2.45) is 11.8 Å². The van der Waals surface area contributed by atoms with Gasteiger partial charge in [-0.3, -0.25) is 9.78 Å². The molecule has 0 spiro atoms. The van der Waals surface area contributed by atoms with Gasteiger partial charge in [0, 0.05) is 25.5 Å². The van der Waals surface area contributed by atoms with Gasteiger partial charge in [0.25, 0.3) is 0 Å². The molecular formula is C11H13ClN2O4S. The number of aliphatic carboxylic acids is 1. The Morgan fingerprint density at radius 3 is 2.68 bits per heavy atom. The van der Waals surface area contributed by atoms with Crippen molar-refractivity contribution in [1.82, 2.24) is 9.29 Å². The van der Waals surface area contributed by atoms with Gasteiger partial charge in [-0.2, -0.15) is 4.31 Å². The van der Waals surface area contributed by atoms with E-state index < -0.39 is 21.9 Å². The predicted octanol–water partition coefficient (Wildman–Crippen LogP) is 1.08. The topological polar surface area (TPSA) is 87.6 Å². The van der Waals surface area contributed by atoms with Gasteiger partial charge in [0.1, 0.15) is 4.90 Å². The summed E-state index contributed by atoms with van der Waals surface area (Å²) in [4.78, 5) is 14.7. The molecule has 1 aromatic heterocycles. The molecule has 1 fully saturated rings. The standard InChI is InChI=1S/C11H13ClN2O4S/c1-7-5-14(6-10(7)11(15)16)19(17,18)9-2-8(12)3-13-4-9/h2-4,7,10H,5-6H2,1H3,(H,15,16)/t7-,10-/m1/s1. The first-order valence-electron chi connectivity index (χ1n) is 5.66. The zero-order chi connectivity index (χ0) is 14.2. The summed E-state index contributed by atoms with van der Waals surface area (Å²) in [5.74, 6) is -1.88. The van der Waals surface area contributed by atoms with Gasteiger partial charge in [-0.1, -0.05) is 18.5 Å². The van der Waals surface area contributed by atoms with E-state index in [1.165, 1.54) is 22.8 Å². The van der Waals surface area contributed by atoms with Crippen LogP contribution in [-0.4, -0.2) is 41.9 Å². The highest BCUT2D eigenvalue weighted by atomic mass is 35.5. The number of pyridine rings is 1. The molecule has 2 heterocycles. The molecule has 1 aromatic rings. The average Bonchev–Trinajstić information content (AvgIpc) is 2.72. The molecule has 2 rings (SSSR count). The molecule has 0 radical (unpaired) electrons. The lowest BCUT2D eigenvalue weighted by Gasteiger charge is -2.15. The quantitative estimate of drug-likeness (QED) is 0.902. The largest absolute Gasteiger partial charge is 0.481 e. The van der Waals surface area contributed by atoms with E-state index in [0.29, 0.717) is 0 Å². The monoisotopic (exact) mass is 304 g/mol. The summed E-state index contributed by atoms with van der Waals surface area (Å²) in [5.41, 5.74) is 0. The van der Waals surface area contributed by atoms with E-state index in [1.807, 2.05) is 0 Å². The highest BCUT2D eigenvalue weighted by molar-refractivity contribution is 7.89. The van der Waals surface area contributed by atoms with Crippen LogP contribution in [0.1, 0.15) is 6.92 Å². The number of aromatic nitrogens is 1. The number of halogens is 1. The lowest BCUT2D eigenvalue weighted by molar-refractivity contribution is -0.142. The maximum atomic E-state index is 12.3. The van der Waals surface area contributed by atoms with Crippen LogP contribution in [0.5, 0.6) is 0 Å². The van der Waals surface area contributed by atoms with Crippen LogP contribution >= 0.6 is 11.6 Å². The second-order valence-electron chi connectivity index (χ2n) is 4.58. The fourth-order valence-electron chi connectivity index (χ4n) is 2.12. The molecule has 104 valence electrons. The highest BCUT2D eigenvalue weighted by Gasteiger charge is 2.40. The molecule has 0 aliphatic carbocycles. The van der Waals surface area contributed by atoms with Crippen LogP contribution in [0.25, 0.3) is 0 Å². The summed E-state index contributed by atoms with van der Waals surface area (Å²) in [6.45, 7) is 1.89. The number of carboxylic acid groups (broad SMARTS) is 1. The molecule has 1 saturated heterocycles. The van der Waals surface area contributed by atoms with E-state index in [4.69, 9.17) is 16.7 Å². The number of carboxylic acids is 1. The molecule has 0 saturated carbocycles. The van der Waals surface area contributed by atoms with E-state index in [-0.39, 0.29) is 28.9 Å². The first kappa shape index (κ1) is 14.2. The summed E-state index contributed by atoms with van der Waals surface area (Å²) in [6, 6.07) is 1.31. The van der Waals surface area contributed by atoms with Crippen molar-refractivity contribution in [1.29, 1.82) is 0 Å². The van der Waals surface area contributed by atoms with Crippen molar-refractivity contribution in [2.75, 3.05) is 13.1 Å². The van der Waals surface area contributed by atoms with Crippen molar-refractivity contribution < 1.29 is 18.3 Å². The molecule has 6 nitrogen and oxygen atoms in total. The van der Waals surface area contributed by atoms with Crippen molar-refractivity contribution in [3.05, 3.63) is 23.5 Å². The van der Waals surface area contributed by atoms with Gasteiger partial charge in [0.15, 0.2) is 0 Å². The third kappa shape index (κ3) is 2.72. The van der Waals surface area contributed by atoms with Gasteiger partial charge >= 0.3 is 5.97 Å². The van der Waals surface area contributed by atoms with Gasteiger partial charge in [0.05, 0.1) is 10.9 Å². The van der Waals surface area contributed by atoms with Crippen molar-refractivity contribution in [3.63, 3.8) is 0 Å². The van der Waals surface area contributed by atoms with Crippen LogP contribution in [0.2, 0.25) is 5.02 Å². The van der Waals surface area contributed by atoms with Crippen LogP contribution < -0.4 is 0 Å². The number of hydrogen-bond donors (Lipinski definition) is 1. The van der Waals surface area contributed by atoms with Gasteiger partial charge in [-0.05, 0) is 12.0 Å². The molecule has 1 aliphatic heterocycles. The van der Waals surface area contributed by atoms with Gasteiger partial charge in [-0.25, -0.2) is 8.42 Å². The summed E-state index contributed by atoms with van der Waals surface area (Å²) >= 11 is 5.73. The van der Waals surface area contributed by atoms with Crippen molar-refractivity contribution in [3.8, 4) is 0 Å². The smallest absolute Gasteiger partial charge is 0.308 e. The van der Waals surface area contributed by atoms with Crippen LogP contribution in [0.4, 0.5) is 0 Å². The first-order chi connectivity index (χ1) is 8.82. The van der Waals surface area contributed by atoms with E-state index in [9.17, 15) is 13.2 Å². The molecule has 1 aliphatic rings. The molecule has 0 unspecified atom stereocenters. The summed E-state index contributed by atoms with van der Waals surface area (Å²) in [5, 5.41) is 9.25. The number of nitrogens with zero attached hydrogens (tertiary/aromatic N) is 2. The van der Waals surface area contributed by atoms with E-state index in [2.05, 4.69) is 4.98 Å². The minimum atomic E-state index is -3.74. The molecule has 0 bridgehead atoms. The number of rotatable bonds is 3. The molecule has 8 heteroatoms. The maximum Gasteiger partial charge on any atom is 0.308 e. The lowest BCUT2D eigenvalue weighted by atomic mass is 9.99. The Kier molecular flexibility index (Phi) is 3.80. The zero-order valence-electron chi connectivity index (χ0n) is 10.2. The third-order valence-corrected chi connectivity index (χ3v) is 5.22. The van der Waals surface area contributed by atoms with Gasteiger partial charge in [0.2, 0.25) is 10.0 Å². The van der Waals surface area contributed by atoms with Gasteiger partial charge in [-0.15, -0.1) is 0 Å². The fraction of sp³-hybridized carbons (Fsp3) is 0.455. The van der Waals surface area contributed by atoms with Crippen LogP contribution in [0, 0.1) is 11.8 Å². The molecule has 0 aromatic carbocycles. The zero-order valence-corrected chi connectivity index (χ0v) is 11.7.